The van der Waals surface area contributed by atoms with Gasteiger partial charge in [-0.05, 0) is 62.9 Å². The van der Waals surface area contributed by atoms with Crippen molar-refractivity contribution in [3.8, 4) is 0 Å². The Morgan fingerprint density at radius 3 is 2.11 bits per heavy atom. The molecule has 11 heteroatoms. The van der Waals surface area contributed by atoms with E-state index in [4.69, 9.17) is 14.2 Å². The second kappa shape index (κ2) is 17.8. The molecule has 1 N–H and O–H groups in total. The Morgan fingerprint density at radius 2 is 1.49 bits per heavy atom. The van der Waals surface area contributed by atoms with Crippen LogP contribution in [0.4, 0.5) is 9.59 Å². The Kier molecular flexibility index (Phi) is 13.6. The molecule has 4 rings (SSSR count). The number of nitrogens with one attached hydrogen (secondary N) is 1. The van der Waals surface area contributed by atoms with Crippen LogP contribution in [0, 0.1) is 0 Å². The van der Waals surface area contributed by atoms with Crippen LogP contribution in [-0.4, -0.2) is 88.3 Å². The first-order valence-corrected chi connectivity index (χ1v) is 17.9. The van der Waals surface area contributed by atoms with Crippen LogP contribution in [0.2, 0.25) is 0 Å². The third-order valence-corrected chi connectivity index (χ3v) is 10.2. The minimum atomic E-state index is -3.58. The zero-order valence-corrected chi connectivity index (χ0v) is 28.2. The largest absolute Gasteiger partial charge is 0.508 e. The van der Waals surface area contributed by atoms with Gasteiger partial charge in [0, 0.05) is 37.6 Å². The van der Waals surface area contributed by atoms with Crippen LogP contribution in [0.25, 0.3) is 0 Å². The fourth-order valence-corrected chi connectivity index (χ4v) is 7.10. The number of hydrogen-bond donors (Lipinski definition) is 1. The topological polar surface area (TPSA) is 114 Å². The van der Waals surface area contributed by atoms with Gasteiger partial charge < -0.3 is 29.3 Å². The van der Waals surface area contributed by atoms with Gasteiger partial charge in [-0.25, -0.2) is 18.0 Å². The van der Waals surface area contributed by atoms with E-state index in [1.807, 2.05) is 72.5 Å². The fourth-order valence-electron chi connectivity index (χ4n) is 5.99. The Balaban J connectivity index is 1.42. The average Bonchev–Trinajstić information content (AvgIpc) is 3.10. The number of likely N-dealkylation sites (tertiary alicyclic amines) is 1. The molecule has 10 nitrogen and oxygen atoms in total. The Morgan fingerprint density at radius 1 is 0.872 bits per heavy atom. The smallest absolute Gasteiger partial charge is 0.445 e. The van der Waals surface area contributed by atoms with E-state index in [-0.39, 0.29) is 49.3 Å². The molecule has 1 amide bonds. The van der Waals surface area contributed by atoms with Gasteiger partial charge in [-0.15, -0.1) is 0 Å². The van der Waals surface area contributed by atoms with E-state index < -0.39 is 21.4 Å². The summed E-state index contributed by atoms with van der Waals surface area (Å²) >= 11 is 0. The fraction of sp³-hybridized carbons (Fsp3) is 0.444. The summed E-state index contributed by atoms with van der Waals surface area (Å²) in [6, 6.07) is 27.8. The number of ether oxygens (including phenoxy) is 3. The summed E-state index contributed by atoms with van der Waals surface area (Å²) in [6.45, 7) is 7.21. The lowest BCUT2D eigenvalue weighted by Gasteiger charge is -2.40. The average molecular weight is 666 g/mol. The van der Waals surface area contributed by atoms with Crippen LogP contribution in [0.5, 0.6) is 0 Å². The normalized spacial score (nSPS) is 15.4. The van der Waals surface area contributed by atoms with Crippen molar-refractivity contribution in [3.63, 3.8) is 0 Å². The van der Waals surface area contributed by atoms with Gasteiger partial charge in [0.15, 0.2) is 9.84 Å². The zero-order valence-electron chi connectivity index (χ0n) is 27.4. The van der Waals surface area contributed by atoms with Crippen molar-refractivity contribution in [2.45, 2.75) is 56.1 Å². The van der Waals surface area contributed by atoms with Gasteiger partial charge >= 0.3 is 12.2 Å². The van der Waals surface area contributed by atoms with Crippen molar-refractivity contribution in [3.05, 3.63) is 102 Å². The molecule has 0 saturated carbocycles. The predicted molar refractivity (Wildman–Crippen MR) is 181 cm³/mol. The van der Waals surface area contributed by atoms with Gasteiger partial charge in [-0.1, -0.05) is 78.9 Å². The minimum Gasteiger partial charge on any atom is -0.445 e. The molecule has 1 heterocycles. The van der Waals surface area contributed by atoms with Crippen LogP contribution < -0.4 is 5.32 Å². The zero-order chi connectivity index (χ0) is 33.5. The van der Waals surface area contributed by atoms with Crippen molar-refractivity contribution >= 4 is 22.1 Å². The first-order chi connectivity index (χ1) is 22.8. The first-order valence-electron chi connectivity index (χ1n) is 16.3. The molecule has 1 unspecified atom stereocenters. The lowest BCUT2D eigenvalue weighted by Crippen LogP contribution is -2.50. The van der Waals surface area contributed by atoms with Crippen LogP contribution in [0.15, 0.2) is 95.9 Å². The number of hydrogen-bond acceptors (Lipinski definition) is 9. The molecule has 1 aliphatic rings. The summed E-state index contributed by atoms with van der Waals surface area (Å²) in [4.78, 5) is 29.7. The maximum absolute atomic E-state index is 13.1. The van der Waals surface area contributed by atoms with Crippen LogP contribution in [-0.2, 0) is 36.1 Å². The third-order valence-electron chi connectivity index (χ3n) is 8.66. The predicted octanol–water partition coefficient (Wildman–Crippen LogP) is 5.63. The van der Waals surface area contributed by atoms with E-state index in [0.717, 1.165) is 37.1 Å². The van der Waals surface area contributed by atoms with E-state index in [2.05, 4.69) is 10.2 Å². The third kappa shape index (κ3) is 10.5. The number of carbonyl (C=O) groups excluding carboxylic acids is 2. The second-order valence-electron chi connectivity index (χ2n) is 11.8. The van der Waals surface area contributed by atoms with E-state index >= 15 is 0 Å². The lowest BCUT2D eigenvalue weighted by molar-refractivity contribution is 0.0349. The van der Waals surface area contributed by atoms with Crippen LogP contribution in [0.3, 0.4) is 0 Å². The van der Waals surface area contributed by atoms with E-state index in [0.29, 0.717) is 19.5 Å². The highest BCUT2D eigenvalue weighted by molar-refractivity contribution is 7.91. The monoisotopic (exact) mass is 665 g/mol. The van der Waals surface area contributed by atoms with Crippen molar-refractivity contribution < 1.29 is 32.2 Å². The van der Waals surface area contributed by atoms with E-state index in [9.17, 15) is 18.0 Å². The summed E-state index contributed by atoms with van der Waals surface area (Å²) in [6.07, 6.45) is 1.14. The van der Waals surface area contributed by atoms with Crippen LogP contribution in [0.1, 0.15) is 44.2 Å². The molecule has 3 aromatic carbocycles. The Labute approximate surface area is 278 Å². The number of benzene rings is 3. The standard InChI is InChI=1S/C36H47N3O7S/c1-3-39(34(40)45-26-30-14-8-5-9-15-30)32-20-23-38(24-21-32)25-22-36(28-46-35(41)44-4-2,31-16-10-6-11-17-31)27-37-29-47(42,43)33-18-12-7-13-19-33/h5-19,32,37H,3-4,20-29H2,1-2H3. The minimum absolute atomic E-state index is 0.0154. The number of piperidine rings is 1. The molecule has 0 spiro atoms. The Hall–Kier alpha value is -3.93. The number of amides is 1. The van der Waals surface area contributed by atoms with Crippen molar-refractivity contribution in [1.82, 2.24) is 15.1 Å². The highest BCUT2D eigenvalue weighted by Gasteiger charge is 2.36. The van der Waals surface area contributed by atoms with E-state index in [1.54, 1.807) is 37.3 Å². The number of carbonyl (C=O) groups is 2. The van der Waals surface area contributed by atoms with Gasteiger partial charge in [0.05, 0.1) is 11.5 Å². The Bertz CT molecular complexity index is 1480. The SMILES string of the molecule is CCOC(=O)OCC(CCN1CCC(N(CC)C(=O)OCc2ccccc2)CC1)(CNCS(=O)(=O)c1ccccc1)c1ccccc1. The van der Waals surface area contributed by atoms with E-state index in [1.165, 1.54) is 0 Å². The molecule has 0 aliphatic carbocycles. The molecule has 254 valence electrons. The highest BCUT2D eigenvalue weighted by Crippen LogP contribution is 2.30. The molecule has 0 radical (unpaired) electrons. The molecular formula is C36H47N3O7S. The van der Waals surface area contributed by atoms with Gasteiger partial charge in [-0.2, -0.15) is 0 Å². The summed E-state index contributed by atoms with van der Waals surface area (Å²) in [7, 11) is -3.58. The summed E-state index contributed by atoms with van der Waals surface area (Å²) in [5, 5.41) is 3.18. The van der Waals surface area contributed by atoms with Gasteiger partial charge in [0.25, 0.3) is 0 Å². The maximum Gasteiger partial charge on any atom is 0.508 e. The molecule has 1 aliphatic heterocycles. The first kappa shape index (κ1) is 35.9. The quantitative estimate of drug-likeness (QED) is 0.195. The lowest BCUT2D eigenvalue weighted by atomic mass is 9.77. The maximum atomic E-state index is 13.1. The summed E-state index contributed by atoms with van der Waals surface area (Å²) in [5.41, 5.74) is 1.16. The van der Waals surface area contributed by atoms with Crippen molar-refractivity contribution in [1.29, 1.82) is 0 Å². The van der Waals surface area contributed by atoms with Crippen molar-refractivity contribution in [2.24, 2.45) is 0 Å². The molecule has 0 bridgehead atoms. The molecule has 0 aromatic heterocycles. The summed E-state index contributed by atoms with van der Waals surface area (Å²) < 4.78 is 42.5. The van der Waals surface area contributed by atoms with Gasteiger partial charge in [0.2, 0.25) is 0 Å². The van der Waals surface area contributed by atoms with Gasteiger partial charge in [-0.3, -0.25) is 0 Å². The number of sulfone groups is 1. The van der Waals surface area contributed by atoms with Crippen LogP contribution >= 0.6 is 0 Å². The number of nitrogens with zero attached hydrogens (tertiary/aromatic N) is 2. The second-order valence-corrected chi connectivity index (χ2v) is 13.8. The number of rotatable bonds is 16. The summed E-state index contributed by atoms with van der Waals surface area (Å²) in [5.74, 6) is -0.260. The van der Waals surface area contributed by atoms with Crippen molar-refractivity contribution in [2.75, 3.05) is 51.8 Å². The molecule has 1 fully saturated rings. The highest BCUT2D eigenvalue weighted by atomic mass is 32.2. The molecule has 47 heavy (non-hydrogen) atoms. The molecular weight excluding hydrogens is 618 g/mol. The molecule has 3 aromatic rings. The van der Waals surface area contributed by atoms with Gasteiger partial charge in [0.1, 0.15) is 19.1 Å². The molecule has 1 saturated heterocycles. The molecule has 1 atom stereocenters.